The number of pyridine rings is 1. The molecular weight excluding hydrogens is 284 g/mol. The molecular formula is C15H12N4O3. The molecule has 0 aromatic carbocycles. The third-order valence-corrected chi connectivity index (χ3v) is 3.21. The van der Waals surface area contributed by atoms with E-state index in [1.807, 2.05) is 12.1 Å². The predicted octanol–water partition coefficient (Wildman–Crippen LogP) is 1.38. The molecule has 110 valence electrons. The van der Waals surface area contributed by atoms with Gasteiger partial charge in [-0.2, -0.15) is 5.10 Å². The highest BCUT2D eigenvalue weighted by molar-refractivity contribution is 6.43. The quantitative estimate of drug-likeness (QED) is 0.544. The molecule has 0 radical (unpaired) electrons. The van der Waals surface area contributed by atoms with Crippen LogP contribution in [0.4, 0.5) is 0 Å². The standard InChI is InChI=1S/C15H12N4O3/c20-13(14(21)15-17-9-18-19-15)6-12-8-22-7-11(12)5-10-1-3-16-4-2-10/h1-4,7-9H,5-6H2,(H,17,18,19). The molecule has 0 amide bonds. The van der Waals surface area contributed by atoms with Crippen molar-refractivity contribution in [2.45, 2.75) is 12.8 Å². The Hall–Kier alpha value is -3.09. The number of nitrogens with one attached hydrogen (secondary N) is 1. The predicted molar refractivity (Wildman–Crippen MR) is 75.2 cm³/mol. The van der Waals surface area contributed by atoms with Gasteiger partial charge in [0, 0.05) is 30.8 Å². The molecule has 0 aliphatic heterocycles. The van der Waals surface area contributed by atoms with E-state index in [1.54, 1.807) is 18.7 Å². The van der Waals surface area contributed by atoms with Crippen LogP contribution < -0.4 is 0 Å². The molecule has 0 unspecified atom stereocenters. The van der Waals surface area contributed by atoms with Crippen LogP contribution in [0, 0.1) is 0 Å². The molecule has 0 bridgehead atoms. The number of H-pyrrole nitrogens is 1. The van der Waals surface area contributed by atoms with E-state index in [9.17, 15) is 9.59 Å². The molecule has 3 heterocycles. The number of nitrogens with zero attached hydrogens (tertiary/aromatic N) is 3. The average molecular weight is 296 g/mol. The molecule has 0 aliphatic carbocycles. The number of aromatic nitrogens is 4. The minimum absolute atomic E-state index is 0.0313. The Labute approximate surface area is 125 Å². The average Bonchev–Trinajstić information content (AvgIpc) is 3.20. The van der Waals surface area contributed by atoms with E-state index in [0.717, 1.165) is 11.1 Å². The third-order valence-electron chi connectivity index (χ3n) is 3.21. The van der Waals surface area contributed by atoms with Gasteiger partial charge in [0.05, 0.1) is 12.5 Å². The number of Topliss-reactive ketones (excluding diaryl/α,β-unsaturated/α-hetero) is 2. The first kappa shape index (κ1) is 13.9. The van der Waals surface area contributed by atoms with E-state index in [0.29, 0.717) is 12.0 Å². The van der Waals surface area contributed by atoms with E-state index in [4.69, 9.17) is 4.42 Å². The molecule has 0 atom stereocenters. The second-order valence-electron chi connectivity index (χ2n) is 4.72. The zero-order chi connectivity index (χ0) is 15.4. The number of aromatic amines is 1. The van der Waals surface area contributed by atoms with Gasteiger partial charge in [0.15, 0.2) is 5.82 Å². The number of ketones is 2. The van der Waals surface area contributed by atoms with Gasteiger partial charge in [0.25, 0.3) is 5.78 Å². The maximum absolute atomic E-state index is 12.0. The first-order chi connectivity index (χ1) is 10.7. The van der Waals surface area contributed by atoms with Gasteiger partial charge in [-0.05, 0) is 23.3 Å². The van der Waals surface area contributed by atoms with Gasteiger partial charge < -0.3 is 4.42 Å². The number of hydrogen-bond acceptors (Lipinski definition) is 6. The molecule has 0 aliphatic rings. The molecule has 3 aromatic rings. The summed E-state index contributed by atoms with van der Waals surface area (Å²) < 4.78 is 5.17. The maximum atomic E-state index is 12.0. The van der Waals surface area contributed by atoms with Crippen molar-refractivity contribution in [2.75, 3.05) is 0 Å². The summed E-state index contributed by atoms with van der Waals surface area (Å²) in [6.07, 6.45) is 8.24. The smallest absolute Gasteiger partial charge is 0.265 e. The monoisotopic (exact) mass is 296 g/mol. The van der Waals surface area contributed by atoms with Crippen molar-refractivity contribution in [2.24, 2.45) is 0 Å². The van der Waals surface area contributed by atoms with Crippen LogP contribution in [-0.2, 0) is 17.6 Å². The summed E-state index contributed by atoms with van der Waals surface area (Å²) in [4.78, 5) is 31.6. The minimum Gasteiger partial charge on any atom is -0.472 e. The van der Waals surface area contributed by atoms with Crippen molar-refractivity contribution in [3.05, 3.63) is 65.9 Å². The van der Waals surface area contributed by atoms with E-state index >= 15 is 0 Å². The Balaban J connectivity index is 1.72. The van der Waals surface area contributed by atoms with Crippen molar-refractivity contribution in [1.82, 2.24) is 20.2 Å². The Morgan fingerprint density at radius 3 is 2.64 bits per heavy atom. The summed E-state index contributed by atoms with van der Waals surface area (Å²) in [6.45, 7) is 0. The van der Waals surface area contributed by atoms with E-state index in [2.05, 4.69) is 20.2 Å². The lowest BCUT2D eigenvalue weighted by atomic mass is 10.0. The van der Waals surface area contributed by atoms with Gasteiger partial charge in [-0.1, -0.05) is 0 Å². The van der Waals surface area contributed by atoms with Crippen LogP contribution in [0.1, 0.15) is 27.3 Å². The van der Waals surface area contributed by atoms with Gasteiger partial charge in [0.1, 0.15) is 6.33 Å². The van der Waals surface area contributed by atoms with Crippen LogP contribution in [0.15, 0.2) is 47.8 Å². The van der Waals surface area contributed by atoms with E-state index in [-0.39, 0.29) is 12.2 Å². The zero-order valence-corrected chi connectivity index (χ0v) is 11.5. The highest BCUT2D eigenvalue weighted by atomic mass is 16.3. The largest absolute Gasteiger partial charge is 0.472 e. The Morgan fingerprint density at radius 2 is 1.91 bits per heavy atom. The van der Waals surface area contributed by atoms with Crippen molar-refractivity contribution in [1.29, 1.82) is 0 Å². The second-order valence-corrected chi connectivity index (χ2v) is 4.72. The number of carbonyl (C=O) groups is 2. The SMILES string of the molecule is O=C(Cc1cocc1Cc1ccncc1)C(=O)c1ncn[nH]1. The lowest BCUT2D eigenvalue weighted by molar-refractivity contribution is -0.114. The highest BCUT2D eigenvalue weighted by Gasteiger charge is 2.21. The van der Waals surface area contributed by atoms with Crippen LogP contribution in [-0.4, -0.2) is 31.7 Å². The van der Waals surface area contributed by atoms with Crippen LogP contribution in [0.25, 0.3) is 0 Å². The molecule has 3 aromatic heterocycles. The third kappa shape index (κ3) is 2.98. The zero-order valence-electron chi connectivity index (χ0n) is 11.5. The highest BCUT2D eigenvalue weighted by Crippen LogP contribution is 2.16. The Bertz CT molecular complexity index is 778. The lowest BCUT2D eigenvalue weighted by Gasteiger charge is -2.02. The van der Waals surface area contributed by atoms with Crippen molar-refractivity contribution >= 4 is 11.6 Å². The van der Waals surface area contributed by atoms with Crippen molar-refractivity contribution in [3.63, 3.8) is 0 Å². The summed E-state index contributed by atoms with van der Waals surface area (Å²) in [5, 5.41) is 5.95. The van der Waals surface area contributed by atoms with Gasteiger partial charge in [-0.3, -0.25) is 19.7 Å². The molecule has 3 rings (SSSR count). The number of carbonyl (C=O) groups excluding carboxylic acids is 2. The van der Waals surface area contributed by atoms with Crippen molar-refractivity contribution < 1.29 is 14.0 Å². The summed E-state index contributed by atoms with van der Waals surface area (Å²) in [7, 11) is 0. The summed E-state index contributed by atoms with van der Waals surface area (Å²) in [6, 6.07) is 3.77. The normalized spacial score (nSPS) is 10.5. The van der Waals surface area contributed by atoms with Crippen LogP contribution in [0.5, 0.6) is 0 Å². The molecule has 0 saturated heterocycles. The summed E-state index contributed by atoms with van der Waals surface area (Å²) >= 11 is 0. The van der Waals surface area contributed by atoms with Gasteiger partial charge in [-0.15, -0.1) is 0 Å². The van der Waals surface area contributed by atoms with Crippen molar-refractivity contribution in [3.8, 4) is 0 Å². The van der Waals surface area contributed by atoms with E-state index < -0.39 is 11.6 Å². The molecule has 7 heteroatoms. The fourth-order valence-corrected chi connectivity index (χ4v) is 2.08. The molecule has 7 nitrogen and oxygen atoms in total. The number of hydrogen-bond donors (Lipinski definition) is 1. The molecule has 0 saturated carbocycles. The van der Waals surface area contributed by atoms with Gasteiger partial charge >= 0.3 is 0 Å². The number of rotatable bonds is 6. The Morgan fingerprint density at radius 1 is 1.14 bits per heavy atom. The first-order valence-electron chi connectivity index (χ1n) is 6.60. The van der Waals surface area contributed by atoms with Crippen LogP contribution in [0.3, 0.4) is 0 Å². The second kappa shape index (κ2) is 6.13. The Kier molecular flexibility index (Phi) is 3.86. The molecule has 0 fully saturated rings. The molecule has 1 N–H and O–H groups in total. The lowest BCUT2D eigenvalue weighted by Crippen LogP contribution is -2.18. The summed E-state index contributed by atoms with van der Waals surface area (Å²) in [5.74, 6) is -1.30. The fraction of sp³-hybridized carbons (Fsp3) is 0.133. The van der Waals surface area contributed by atoms with Crippen LogP contribution in [0.2, 0.25) is 0 Å². The topological polar surface area (TPSA) is 102 Å². The first-order valence-corrected chi connectivity index (χ1v) is 6.60. The van der Waals surface area contributed by atoms with Crippen LogP contribution >= 0.6 is 0 Å². The maximum Gasteiger partial charge on any atom is 0.265 e. The van der Waals surface area contributed by atoms with E-state index in [1.165, 1.54) is 12.6 Å². The summed E-state index contributed by atoms with van der Waals surface area (Å²) in [5.41, 5.74) is 2.60. The molecule has 0 spiro atoms. The fourth-order valence-electron chi connectivity index (χ4n) is 2.08. The van der Waals surface area contributed by atoms with Gasteiger partial charge in [-0.25, -0.2) is 4.98 Å². The minimum atomic E-state index is -0.687. The number of furan rings is 1. The van der Waals surface area contributed by atoms with Gasteiger partial charge in [0.2, 0.25) is 5.78 Å². The molecule has 22 heavy (non-hydrogen) atoms.